The van der Waals surface area contributed by atoms with Crippen LogP contribution in [0.4, 0.5) is 0 Å². The lowest BCUT2D eigenvalue weighted by Gasteiger charge is -2.72. The lowest BCUT2D eigenvalue weighted by molar-refractivity contribution is -0.260. The fourth-order valence-electron chi connectivity index (χ4n) is 11.4. The molecule has 4 N–H and O–H groups in total. The van der Waals surface area contributed by atoms with E-state index in [1.54, 1.807) is 19.9 Å². The van der Waals surface area contributed by atoms with Crippen molar-refractivity contribution in [3.63, 3.8) is 0 Å². The van der Waals surface area contributed by atoms with Crippen LogP contribution in [0.1, 0.15) is 107 Å². The number of fused-ring (bicyclic) bond motifs is 7. The van der Waals surface area contributed by atoms with Crippen LogP contribution < -0.4 is 0 Å². The average molecular weight is 573 g/mol. The van der Waals surface area contributed by atoms with Gasteiger partial charge in [-0.25, -0.2) is 4.79 Å². The summed E-state index contributed by atoms with van der Waals surface area (Å²) in [6, 6.07) is 0. The summed E-state index contributed by atoms with van der Waals surface area (Å²) in [5, 5.41) is 46.1. The van der Waals surface area contributed by atoms with Crippen LogP contribution in [0, 0.1) is 50.2 Å². The number of aliphatic hydroxyl groups excluding tert-OH is 4. The topological polar surface area (TPSA) is 107 Å². The molecule has 0 aromatic carbocycles. The Balaban J connectivity index is 1.58. The lowest BCUT2D eigenvalue weighted by atomic mass is 9.33. The molecule has 4 fully saturated rings. The Labute approximate surface area is 247 Å². The Morgan fingerprint density at radius 3 is 2.24 bits per heavy atom. The highest BCUT2D eigenvalue weighted by molar-refractivity contribution is 5.87. The minimum Gasteiger partial charge on any atom is -0.456 e. The van der Waals surface area contributed by atoms with E-state index >= 15 is 0 Å². The van der Waals surface area contributed by atoms with Gasteiger partial charge in [-0.2, -0.15) is 0 Å². The van der Waals surface area contributed by atoms with Gasteiger partial charge in [-0.3, -0.25) is 0 Å². The van der Waals surface area contributed by atoms with Crippen molar-refractivity contribution < 1.29 is 30.0 Å². The van der Waals surface area contributed by atoms with Crippen LogP contribution in [-0.2, 0) is 9.53 Å². The van der Waals surface area contributed by atoms with Crippen molar-refractivity contribution >= 4 is 5.97 Å². The van der Waals surface area contributed by atoms with Crippen molar-refractivity contribution in [2.24, 2.45) is 50.2 Å². The van der Waals surface area contributed by atoms with Crippen LogP contribution in [0.3, 0.4) is 0 Å². The third-order valence-corrected chi connectivity index (χ3v) is 14.3. The third-order valence-electron chi connectivity index (χ3n) is 14.3. The molecule has 6 heteroatoms. The van der Waals surface area contributed by atoms with Crippen molar-refractivity contribution in [1.29, 1.82) is 0 Å². The number of carbonyl (C=O) groups is 1. The Morgan fingerprint density at radius 2 is 1.63 bits per heavy atom. The highest BCUT2D eigenvalue weighted by atomic mass is 16.6. The highest BCUT2D eigenvalue weighted by Crippen LogP contribution is 2.75. The van der Waals surface area contributed by atoms with E-state index in [1.165, 1.54) is 5.57 Å². The molecule has 232 valence electrons. The van der Waals surface area contributed by atoms with Gasteiger partial charge in [-0.05, 0) is 98.2 Å². The molecule has 0 amide bonds. The van der Waals surface area contributed by atoms with Crippen LogP contribution >= 0.6 is 0 Å². The molecule has 0 bridgehead atoms. The normalized spacial score (nSPS) is 50.4. The highest BCUT2D eigenvalue weighted by Gasteiger charge is 2.72. The monoisotopic (exact) mass is 572 g/mol. The first-order valence-electron chi connectivity index (χ1n) is 16.1. The van der Waals surface area contributed by atoms with E-state index in [4.69, 9.17) is 4.74 Å². The molecule has 4 saturated carbocycles. The molecule has 0 saturated heterocycles. The average Bonchev–Trinajstić information content (AvgIpc) is 2.88. The molecule has 5 rings (SSSR count). The van der Waals surface area contributed by atoms with E-state index in [9.17, 15) is 25.2 Å². The van der Waals surface area contributed by atoms with Gasteiger partial charge in [0.05, 0.1) is 24.2 Å². The van der Waals surface area contributed by atoms with E-state index < -0.39 is 35.1 Å². The maximum atomic E-state index is 12.8. The van der Waals surface area contributed by atoms with Crippen LogP contribution in [0.15, 0.2) is 23.3 Å². The Morgan fingerprint density at radius 1 is 0.976 bits per heavy atom. The molecule has 5 aliphatic rings. The van der Waals surface area contributed by atoms with Gasteiger partial charge in [0.15, 0.2) is 0 Å². The van der Waals surface area contributed by atoms with Gasteiger partial charge in [0.25, 0.3) is 0 Å². The fraction of sp³-hybridized carbons (Fsp3) is 0.857. The number of hydrogen-bond acceptors (Lipinski definition) is 6. The van der Waals surface area contributed by atoms with Crippen LogP contribution in [-0.4, -0.2) is 57.4 Å². The van der Waals surface area contributed by atoms with E-state index in [0.717, 1.165) is 32.1 Å². The van der Waals surface area contributed by atoms with E-state index in [-0.39, 0.29) is 40.3 Å². The van der Waals surface area contributed by atoms with Crippen LogP contribution in [0.2, 0.25) is 0 Å². The molecule has 0 aliphatic heterocycles. The number of allylic oxidation sites excluding steroid dienone is 3. The second-order valence-electron chi connectivity index (χ2n) is 16.6. The number of hydrogen-bond donors (Lipinski definition) is 4. The number of aliphatic hydroxyl groups is 4. The molecule has 11 atom stereocenters. The molecular weight excluding hydrogens is 516 g/mol. The number of ether oxygens (including phenoxy) is 1. The van der Waals surface area contributed by atoms with Crippen molar-refractivity contribution in [3.05, 3.63) is 23.3 Å². The number of carbonyl (C=O) groups excluding carboxylic acids is 1. The second-order valence-corrected chi connectivity index (χ2v) is 16.6. The summed E-state index contributed by atoms with van der Waals surface area (Å²) in [6.45, 7) is 18.9. The smallest absolute Gasteiger partial charge is 0.333 e. The SMILES string of the molecule is C/C=C(/C)C(=O)O[C@H]1[C@H](O)[C@]2(CO)[C@H](O)C[C@]3(C)C(=CC[C@@H]4[C@@]5(C)CC[C@H](O)C(C)(C)[C@@H]5CC[C@]43C)[C@@H]2CC1(C)C. The molecule has 0 aromatic heterocycles. The summed E-state index contributed by atoms with van der Waals surface area (Å²) in [5.74, 6) is 0.162. The number of esters is 1. The molecular formula is C35H56O6. The summed E-state index contributed by atoms with van der Waals surface area (Å²) in [4.78, 5) is 12.8. The molecule has 41 heavy (non-hydrogen) atoms. The summed E-state index contributed by atoms with van der Waals surface area (Å²) < 4.78 is 5.94. The molecule has 0 unspecified atom stereocenters. The minimum atomic E-state index is -1.20. The standard InChI is InChI=1S/C35H56O6/c1-10-20(2)29(40)41-28-27(39)35(19-36)22(17-30(28,3)4)21-11-12-24-32(7)15-14-25(37)31(5,6)23(32)13-16-33(24,8)34(21,9)18-26(35)38/h10-11,22-28,36-39H,12-19H2,1-9H3/b20-10-/t22-,23-,24+,25-,26+,27-,28-,32-,33+,34+,35-/m0/s1. The predicted octanol–water partition coefficient (Wildman–Crippen LogP) is 5.57. The summed E-state index contributed by atoms with van der Waals surface area (Å²) in [7, 11) is 0. The fourth-order valence-corrected chi connectivity index (χ4v) is 11.4. The zero-order chi connectivity index (χ0) is 30.6. The van der Waals surface area contributed by atoms with Crippen LogP contribution in [0.5, 0.6) is 0 Å². The van der Waals surface area contributed by atoms with Gasteiger partial charge in [-0.15, -0.1) is 0 Å². The van der Waals surface area contributed by atoms with Crippen molar-refractivity contribution in [2.45, 2.75) is 132 Å². The molecule has 0 radical (unpaired) electrons. The molecule has 0 aromatic rings. The molecule has 0 heterocycles. The molecule has 6 nitrogen and oxygen atoms in total. The maximum absolute atomic E-state index is 12.8. The summed E-state index contributed by atoms with van der Waals surface area (Å²) in [6.07, 6.45) is 6.77. The van der Waals surface area contributed by atoms with Crippen molar-refractivity contribution in [3.8, 4) is 0 Å². The first-order chi connectivity index (χ1) is 18.9. The maximum Gasteiger partial charge on any atom is 0.333 e. The van der Waals surface area contributed by atoms with E-state index in [0.29, 0.717) is 30.3 Å². The van der Waals surface area contributed by atoms with Crippen LogP contribution in [0.25, 0.3) is 0 Å². The van der Waals surface area contributed by atoms with E-state index in [2.05, 4.69) is 40.7 Å². The molecule has 0 spiro atoms. The third kappa shape index (κ3) is 3.92. The number of rotatable bonds is 3. The van der Waals surface area contributed by atoms with Gasteiger partial charge in [0, 0.05) is 11.0 Å². The summed E-state index contributed by atoms with van der Waals surface area (Å²) >= 11 is 0. The minimum absolute atomic E-state index is 0.0647. The van der Waals surface area contributed by atoms with Crippen molar-refractivity contribution in [2.75, 3.05) is 6.61 Å². The zero-order valence-corrected chi connectivity index (χ0v) is 27.0. The van der Waals surface area contributed by atoms with Gasteiger partial charge >= 0.3 is 5.97 Å². The van der Waals surface area contributed by atoms with Gasteiger partial charge < -0.3 is 25.2 Å². The Hall–Kier alpha value is -1.21. The first-order valence-corrected chi connectivity index (χ1v) is 16.1. The quantitative estimate of drug-likeness (QED) is 0.200. The first kappa shape index (κ1) is 31.2. The zero-order valence-electron chi connectivity index (χ0n) is 27.0. The lowest BCUT2D eigenvalue weighted by Crippen LogP contribution is -2.72. The van der Waals surface area contributed by atoms with Gasteiger partial charge in [-0.1, -0.05) is 66.2 Å². The second kappa shape index (κ2) is 9.64. The Bertz CT molecular complexity index is 1140. The largest absolute Gasteiger partial charge is 0.456 e. The van der Waals surface area contributed by atoms with Gasteiger partial charge in [0.2, 0.25) is 0 Å². The summed E-state index contributed by atoms with van der Waals surface area (Å²) in [5.41, 5.74) is -0.416. The predicted molar refractivity (Wildman–Crippen MR) is 160 cm³/mol. The molecule has 5 aliphatic carbocycles. The van der Waals surface area contributed by atoms with Gasteiger partial charge in [0.1, 0.15) is 12.2 Å². The Kier molecular flexibility index (Phi) is 7.34. The van der Waals surface area contributed by atoms with E-state index in [1.807, 2.05) is 13.8 Å². The van der Waals surface area contributed by atoms with Crippen molar-refractivity contribution in [1.82, 2.24) is 0 Å².